The summed E-state index contributed by atoms with van der Waals surface area (Å²) in [7, 11) is 0. The quantitative estimate of drug-likeness (QED) is 0.909. The third-order valence-corrected chi connectivity index (χ3v) is 4.32. The number of rotatable bonds is 5. The van der Waals surface area contributed by atoms with Crippen molar-refractivity contribution in [2.24, 2.45) is 0 Å². The maximum atomic E-state index is 12.3. The van der Waals surface area contributed by atoms with Gasteiger partial charge in [-0.25, -0.2) is 0 Å². The van der Waals surface area contributed by atoms with Crippen molar-refractivity contribution in [1.29, 1.82) is 0 Å². The highest BCUT2D eigenvalue weighted by Crippen LogP contribution is 2.20. The van der Waals surface area contributed by atoms with Gasteiger partial charge in [0, 0.05) is 31.1 Å². The molecule has 22 heavy (non-hydrogen) atoms. The van der Waals surface area contributed by atoms with Crippen LogP contribution in [0.2, 0.25) is 0 Å². The second-order valence-corrected chi connectivity index (χ2v) is 6.02. The van der Waals surface area contributed by atoms with Gasteiger partial charge in [0.1, 0.15) is 0 Å². The third-order valence-electron chi connectivity index (χ3n) is 4.32. The van der Waals surface area contributed by atoms with Gasteiger partial charge in [-0.05, 0) is 44.7 Å². The van der Waals surface area contributed by atoms with Crippen molar-refractivity contribution < 1.29 is 9.59 Å². The van der Waals surface area contributed by atoms with Gasteiger partial charge >= 0.3 is 0 Å². The highest BCUT2D eigenvalue weighted by Gasteiger charge is 2.24. The fraction of sp³-hybridized carbons (Fsp3) is 0.556. The molecular formula is C18H26N2O2. The van der Waals surface area contributed by atoms with Crippen LogP contribution in [0.25, 0.3) is 0 Å². The minimum Gasteiger partial charge on any atom is -0.352 e. The van der Waals surface area contributed by atoms with E-state index in [0.717, 1.165) is 31.4 Å². The van der Waals surface area contributed by atoms with Crippen LogP contribution in [-0.2, 0) is 4.79 Å². The Morgan fingerprint density at radius 1 is 1.32 bits per heavy atom. The molecule has 1 aliphatic rings. The van der Waals surface area contributed by atoms with E-state index in [1.54, 1.807) is 6.07 Å². The zero-order chi connectivity index (χ0) is 15.9. The van der Waals surface area contributed by atoms with Crippen LogP contribution >= 0.6 is 0 Å². The average Bonchev–Trinajstić information content (AvgIpc) is 2.54. The first-order valence-corrected chi connectivity index (χ1v) is 8.26. The molecule has 0 aromatic heterocycles. The van der Waals surface area contributed by atoms with E-state index in [2.05, 4.69) is 12.2 Å². The molecule has 0 spiro atoms. The van der Waals surface area contributed by atoms with Crippen molar-refractivity contribution in [1.82, 2.24) is 10.2 Å². The molecule has 4 heteroatoms. The molecule has 2 amide bonds. The predicted molar refractivity (Wildman–Crippen MR) is 87.8 cm³/mol. The molecule has 1 aliphatic heterocycles. The lowest BCUT2D eigenvalue weighted by Gasteiger charge is -2.35. The first-order chi connectivity index (χ1) is 10.6. The summed E-state index contributed by atoms with van der Waals surface area (Å²) >= 11 is 0. The summed E-state index contributed by atoms with van der Waals surface area (Å²) in [4.78, 5) is 26.4. The zero-order valence-corrected chi connectivity index (χ0v) is 13.6. The van der Waals surface area contributed by atoms with Crippen LogP contribution in [0.1, 0.15) is 54.9 Å². The molecule has 1 aromatic carbocycles. The molecule has 1 aromatic rings. The number of likely N-dealkylation sites (tertiary alicyclic amines) is 1. The zero-order valence-electron chi connectivity index (χ0n) is 13.6. The second kappa shape index (κ2) is 7.97. The van der Waals surface area contributed by atoms with Gasteiger partial charge in [-0.2, -0.15) is 0 Å². The third kappa shape index (κ3) is 4.33. The number of amides is 2. The standard InChI is InChI=1S/C18H26N2O2/c1-3-16-9-4-5-12-20(16)17(21)10-11-19-18(22)15-8-6-7-14(2)13-15/h6-8,13,16H,3-5,9-12H2,1-2H3,(H,19,22)/t16-/m0/s1. The van der Waals surface area contributed by atoms with Crippen LogP contribution in [0.4, 0.5) is 0 Å². The Balaban J connectivity index is 1.80. The summed E-state index contributed by atoms with van der Waals surface area (Å²) in [5.41, 5.74) is 1.71. The SMILES string of the molecule is CC[C@H]1CCCCN1C(=O)CCNC(=O)c1cccc(C)c1. The summed E-state index contributed by atoms with van der Waals surface area (Å²) in [6, 6.07) is 7.86. The molecule has 1 saturated heterocycles. The highest BCUT2D eigenvalue weighted by atomic mass is 16.2. The van der Waals surface area contributed by atoms with Crippen LogP contribution in [0.15, 0.2) is 24.3 Å². The second-order valence-electron chi connectivity index (χ2n) is 6.02. The number of nitrogens with zero attached hydrogens (tertiary/aromatic N) is 1. The van der Waals surface area contributed by atoms with E-state index in [1.165, 1.54) is 6.42 Å². The molecule has 1 heterocycles. The van der Waals surface area contributed by atoms with Crippen molar-refractivity contribution in [3.8, 4) is 0 Å². The van der Waals surface area contributed by atoms with E-state index in [1.807, 2.05) is 30.0 Å². The number of benzene rings is 1. The van der Waals surface area contributed by atoms with Crippen molar-refractivity contribution in [2.45, 2.75) is 52.0 Å². The monoisotopic (exact) mass is 302 g/mol. The molecule has 120 valence electrons. The molecule has 0 aliphatic carbocycles. The lowest BCUT2D eigenvalue weighted by Crippen LogP contribution is -2.44. The van der Waals surface area contributed by atoms with Crippen LogP contribution in [-0.4, -0.2) is 35.8 Å². The number of nitrogens with one attached hydrogen (secondary N) is 1. The van der Waals surface area contributed by atoms with Gasteiger partial charge in [-0.3, -0.25) is 9.59 Å². The van der Waals surface area contributed by atoms with Crippen molar-refractivity contribution in [2.75, 3.05) is 13.1 Å². The van der Waals surface area contributed by atoms with E-state index >= 15 is 0 Å². The van der Waals surface area contributed by atoms with E-state index in [0.29, 0.717) is 24.6 Å². The maximum Gasteiger partial charge on any atom is 0.251 e. The van der Waals surface area contributed by atoms with Gasteiger partial charge in [-0.15, -0.1) is 0 Å². The molecule has 4 nitrogen and oxygen atoms in total. The van der Waals surface area contributed by atoms with E-state index in [9.17, 15) is 9.59 Å². The highest BCUT2D eigenvalue weighted by molar-refractivity contribution is 5.94. The lowest BCUT2D eigenvalue weighted by molar-refractivity contribution is -0.134. The molecule has 0 saturated carbocycles. The first kappa shape index (κ1) is 16.5. The summed E-state index contributed by atoms with van der Waals surface area (Å²) in [5.74, 6) is 0.0540. The Kier molecular flexibility index (Phi) is 5.99. The van der Waals surface area contributed by atoms with Gasteiger partial charge in [0.05, 0.1) is 0 Å². The topological polar surface area (TPSA) is 49.4 Å². The Hall–Kier alpha value is -1.84. The lowest BCUT2D eigenvalue weighted by atomic mass is 9.99. The van der Waals surface area contributed by atoms with Crippen LogP contribution in [0, 0.1) is 6.92 Å². The molecule has 1 atom stereocenters. The molecular weight excluding hydrogens is 276 g/mol. The van der Waals surface area contributed by atoms with Gasteiger partial charge in [-0.1, -0.05) is 24.6 Å². The smallest absolute Gasteiger partial charge is 0.251 e. The van der Waals surface area contributed by atoms with Gasteiger partial charge in [0.15, 0.2) is 0 Å². The van der Waals surface area contributed by atoms with E-state index in [4.69, 9.17) is 0 Å². The molecule has 2 rings (SSSR count). The van der Waals surface area contributed by atoms with Crippen LogP contribution < -0.4 is 5.32 Å². The van der Waals surface area contributed by atoms with Crippen molar-refractivity contribution >= 4 is 11.8 Å². The fourth-order valence-electron chi connectivity index (χ4n) is 3.07. The largest absolute Gasteiger partial charge is 0.352 e. The molecule has 0 unspecified atom stereocenters. The first-order valence-electron chi connectivity index (χ1n) is 8.26. The predicted octanol–water partition coefficient (Wildman–Crippen LogP) is 2.91. The Labute approximate surface area is 132 Å². The number of hydrogen-bond acceptors (Lipinski definition) is 2. The van der Waals surface area contributed by atoms with Gasteiger partial charge < -0.3 is 10.2 Å². The fourth-order valence-corrected chi connectivity index (χ4v) is 3.07. The summed E-state index contributed by atoms with van der Waals surface area (Å²) in [6.07, 6.45) is 4.82. The number of aryl methyl sites for hydroxylation is 1. The minimum absolute atomic E-state index is 0.109. The van der Waals surface area contributed by atoms with Crippen LogP contribution in [0.5, 0.6) is 0 Å². The maximum absolute atomic E-state index is 12.3. The molecule has 1 fully saturated rings. The molecule has 0 radical (unpaired) electrons. The Morgan fingerprint density at radius 3 is 2.86 bits per heavy atom. The molecule has 1 N–H and O–H groups in total. The molecule has 0 bridgehead atoms. The Morgan fingerprint density at radius 2 is 2.14 bits per heavy atom. The van der Waals surface area contributed by atoms with E-state index in [-0.39, 0.29) is 11.8 Å². The van der Waals surface area contributed by atoms with Crippen molar-refractivity contribution in [3.63, 3.8) is 0 Å². The Bertz CT molecular complexity index is 528. The summed E-state index contributed by atoms with van der Waals surface area (Å²) in [6.45, 7) is 5.36. The van der Waals surface area contributed by atoms with Crippen LogP contribution in [0.3, 0.4) is 0 Å². The number of piperidine rings is 1. The number of hydrogen-bond donors (Lipinski definition) is 1. The van der Waals surface area contributed by atoms with E-state index < -0.39 is 0 Å². The number of carbonyl (C=O) groups is 2. The minimum atomic E-state index is -0.109. The normalized spacial score (nSPS) is 18.1. The summed E-state index contributed by atoms with van der Waals surface area (Å²) < 4.78 is 0. The average molecular weight is 302 g/mol. The summed E-state index contributed by atoms with van der Waals surface area (Å²) in [5, 5.41) is 2.84. The van der Waals surface area contributed by atoms with Crippen molar-refractivity contribution in [3.05, 3.63) is 35.4 Å². The van der Waals surface area contributed by atoms with Gasteiger partial charge in [0.25, 0.3) is 5.91 Å². The number of carbonyl (C=O) groups excluding carboxylic acids is 2. The van der Waals surface area contributed by atoms with Gasteiger partial charge in [0.2, 0.25) is 5.91 Å².